The second-order valence-electron chi connectivity index (χ2n) is 15.5. The van der Waals surface area contributed by atoms with E-state index in [4.69, 9.17) is 14.6 Å². The van der Waals surface area contributed by atoms with E-state index in [-0.39, 0.29) is 23.6 Å². The van der Waals surface area contributed by atoms with Gasteiger partial charge in [-0.3, -0.25) is 9.72 Å². The van der Waals surface area contributed by atoms with Crippen LogP contribution in [0, 0.1) is 0 Å². The first-order chi connectivity index (χ1) is 26.1. The second-order valence-corrected chi connectivity index (χ2v) is 15.5. The van der Waals surface area contributed by atoms with Gasteiger partial charge in [0.2, 0.25) is 5.95 Å². The third kappa shape index (κ3) is 8.18. The molecule has 0 bridgehead atoms. The van der Waals surface area contributed by atoms with E-state index in [1.54, 1.807) is 4.68 Å². The van der Waals surface area contributed by atoms with Crippen LogP contribution in [0.25, 0.3) is 11.3 Å². The summed E-state index contributed by atoms with van der Waals surface area (Å²) in [5, 5.41) is 20.3. The van der Waals surface area contributed by atoms with Crippen molar-refractivity contribution in [2.75, 3.05) is 43.0 Å². The van der Waals surface area contributed by atoms with E-state index in [9.17, 15) is 4.79 Å². The van der Waals surface area contributed by atoms with Crippen molar-refractivity contribution < 1.29 is 14.3 Å². The number of anilines is 2. The number of nitrogens with zero attached hydrogens (tertiary/aromatic N) is 7. The monoisotopic (exact) mass is 733 g/mol. The van der Waals surface area contributed by atoms with Gasteiger partial charge in [0, 0.05) is 36.7 Å². The maximum atomic E-state index is 13.8. The van der Waals surface area contributed by atoms with E-state index in [0.717, 1.165) is 97.5 Å². The summed E-state index contributed by atoms with van der Waals surface area (Å²) < 4.78 is 16.7. The van der Waals surface area contributed by atoms with E-state index < -0.39 is 0 Å². The number of piperidine rings is 1. The van der Waals surface area contributed by atoms with Crippen LogP contribution in [-0.2, 0) is 5.41 Å². The topological polar surface area (TPSA) is 114 Å². The largest absolute Gasteiger partial charge is 0.492 e. The molecule has 1 unspecified atom stereocenters. The lowest BCUT2D eigenvalue weighted by Crippen LogP contribution is -2.38. The van der Waals surface area contributed by atoms with Crippen LogP contribution < -0.4 is 25.0 Å². The van der Waals surface area contributed by atoms with Gasteiger partial charge in [0.25, 0.3) is 0 Å². The molecule has 0 radical (unpaired) electrons. The fourth-order valence-electron chi connectivity index (χ4n) is 7.59. The molecule has 286 valence electrons. The number of carbonyl (C=O) groups excluding carboxylic acids is 1. The van der Waals surface area contributed by atoms with Gasteiger partial charge in [-0.1, -0.05) is 65.0 Å². The Balaban J connectivity index is 1.06. The van der Waals surface area contributed by atoms with Crippen molar-refractivity contribution >= 4 is 23.4 Å². The Bertz CT molecular complexity index is 2050. The van der Waals surface area contributed by atoms with E-state index in [2.05, 4.69) is 84.3 Å². The summed E-state index contributed by atoms with van der Waals surface area (Å²) >= 11 is 0. The average Bonchev–Trinajstić information content (AvgIpc) is 3.79. The predicted molar refractivity (Wildman–Crippen MR) is 213 cm³/mol. The highest BCUT2D eigenvalue weighted by molar-refractivity contribution is 5.89. The van der Waals surface area contributed by atoms with Crippen molar-refractivity contribution in [3.63, 3.8) is 0 Å². The number of aromatic nitrogens is 5. The zero-order valence-electron chi connectivity index (χ0n) is 32.6. The highest BCUT2D eigenvalue weighted by Gasteiger charge is 2.31. The first-order valence-electron chi connectivity index (χ1n) is 19.6. The molecule has 4 heterocycles. The molecule has 2 aliphatic rings. The highest BCUT2D eigenvalue weighted by Crippen LogP contribution is 2.39. The Hall–Kier alpha value is -5.10. The van der Waals surface area contributed by atoms with E-state index in [1.165, 1.54) is 6.42 Å². The van der Waals surface area contributed by atoms with Crippen LogP contribution in [0.15, 0.2) is 72.9 Å². The standard InChI is InChI=1S/C42H55N9O3/c1-7-48(8-2)24-25-53-31-16-13-15-30(26-31)51-39(27-37(47-51)42(4,5)6)44-40(52)43-35-20-21-36(34-18-10-9-17-33(34)35)54-32-19-22-38-45-46-41(50(38)28-32)49-23-12-11-14-29(49)3/h9-10,13,15-19,22,26-29,35-36H,7-8,11-12,14,20-21,23-25H2,1-6H3,(H2,43,44,52)/t29?,35-,36+/m0/s1. The average molecular weight is 734 g/mol. The normalized spacial score (nSPS) is 18.8. The molecule has 1 saturated heterocycles. The lowest BCUT2D eigenvalue weighted by Gasteiger charge is -2.33. The van der Waals surface area contributed by atoms with Crippen molar-refractivity contribution in [2.45, 2.75) is 97.2 Å². The Morgan fingerprint density at radius 3 is 2.52 bits per heavy atom. The van der Waals surface area contributed by atoms with Gasteiger partial charge in [-0.05, 0) is 87.5 Å². The quantitative estimate of drug-likeness (QED) is 0.132. The molecule has 0 saturated carbocycles. The molecule has 2 aromatic carbocycles. The molecule has 12 nitrogen and oxygen atoms in total. The molecule has 3 atom stereocenters. The second kappa shape index (κ2) is 16.1. The number of carbonyl (C=O) groups is 1. The lowest BCUT2D eigenvalue weighted by molar-refractivity contribution is 0.171. The third-order valence-electron chi connectivity index (χ3n) is 10.8. The number of likely N-dealkylation sites (N-methyl/N-ethyl adjacent to an activating group) is 1. The number of fused-ring (bicyclic) bond motifs is 2. The number of pyridine rings is 1. The van der Waals surface area contributed by atoms with Gasteiger partial charge < -0.3 is 24.6 Å². The van der Waals surface area contributed by atoms with Gasteiger partial charge in [0.05, 0.1) is 23.6 Å². The third-order valence-corrected chi connectivity index (χ3v) is 10.8. The minimum Gasteiger partial charge on any atom is -0.492 e. The Kier molecular flexibility index (Phi) is 11.1. The van der Waals surface area contributed by atoms with E-state index in [0.29, 0.717) is 18.5 Å². The molecule has 1 fully saturated rings. The predicted octanol–water partition coefficient (Wildman–Crippen LogP) is 8.09. The Morgan fingerprint density at radius 2 is 1.74 bits per heavy atom. The molecule has 7 rings (SSSR count). The minimum absolute atomic E-state index is 0.161. The molecule has 2 amide bonds. The lowest BCUT2D eigenvalue weighted by atomic mass is 9.85. The minimum atomic E-state index is -0.292. The van der Waals surface area contributed by atoms with Crippen LogP contribution >= 0.6 is 0 Å². The first-order valence-corrected chi connectivity index (χ1v) is 19.6. The SMILES string of the molecule is CCN(CC)CCOc1cccc(-n2nc(C(C)(C)C)cc2NC(=O)N[C@H]2CC[C@@H](Oc3ccc4nnc(N5CCCCC5C)n4c3)c3ccccc32)c1. The van der Waals surface area contributed by atoms with Crippen molar-refractivity contribution in [1.29, 1.82) is 0 Å². The summed E-state index contributed by atoms with van der Waals surface area (Å²) in [6, 6.07) is 21.9. The van der Waals surface area contributed by atoms with Gasteiger partial charge in [-0.2, -0.15) is 5.10 Å². The number of hydrogen-bond donors (Lipinski definition) is 2. The van der Waals surface area contributed by atoms with E-state index >= 15 is 0 Å². The van der Waals surface area contributed by atoms with Crippen molar-refractivity contribution in [2.24, 2.45) is 0 Å². The number of benzene rings is 2. The molecule has 0 spiro atoms. The fourth-order valence-corrected chi connectivity index (χ4v) is 7.59. The fraction of sp³-hybridized carbons (Fsp3) is 0.476. The van der Waals surface area contributed by atoms with Crippen LogP contribution in [0.3, 0.4) is 0 Å². The van der Waals surface area contributed by atoms with Gasteiger partial charge in [0.15, 0.2) is 5.65 Å². The van der Waals surface area contributed by atoms with Crippen LogP contribution in [0.2, 0.25) is 0 Å². The summed E-state index contributed by atoms with van der Waals surface area (Å²) in [5.74, 6) is 2.98. The maximum Gasteiger partial charge on any atom is 0.320 e. The zero-order valence-corrected chi connectivity index (χ0v) is 32.6. The number of ether oxygens (including phenoxy) is 2. The Morgan fingerprint density at radius 1 is 0.926 bits per heavy atom. The highest BCUT2D eigenvalue weighted by atomic mass is 16.5. The summed E-state index contributed by atoms with van der Waals surface area (Å²) in [6.45, 7) is 17.3. The number of rotatable bonds is 12. The van der Waals surface area contributed by atoms with Crippen molar-refractivity contribution in [1.82, 2.24) is 34.6 Å². The van der Waals surface area contributed by atoms with Gasteiger partial charge >= 0.3 is 6.03 Å². The van der Waals surface area contributed by atoms with Gasteiger partial charge in [-0.25, -0.2) is 9.48 Å². The maximum absolute atomic E-state index is 13.8. The summed E-state index contributed by atoms with van der Waals surface area (Å²) in [7, 11) is 0. The molecule has 12 heteroatoms. The van der Waals surface area contributed by atoms with Crippen LogP contribution in [-0.4, -0.2) is 74.1 Å². The van der Waals surface area contributed by atoms with Gasteiger partial charge in [-0.15, -0.1) is 10.2 Å². The number of hydrogen-bond acceptors (Lipinski definition) is 8. The van der Waals surface area contributed by atoms with Crippen LogP contribution in [0.1, 0.15) is 103 Å². The molecule has 54 heavy (non-hydrogen) atoms. The molecular formula is C42H55N9O3. The first kappa shape index (κ1) is 37.2. The van der Waals surface area contributed by atoms with Crippen molar-refractivity contribution in [3.8, 4) is 17.2 Å². The van der Waals surface area contributed by atoms with Crippen LogP contribution in [0.5, 0.6) is 11.5 Å². The molecule has 1 aliphatic carbocycles. The molecular weight excluding hydrogens is 679 g/mol. The molecule has 2 N–H and O–H groups in total. The number of nitrogens with one attached hydrogen (secondary N) is 2. The smallest absolute Gasteiger partial charge is 0.320 e. The molecule has 5 aromatic rings. The van der Waals surface area contributed by atoms with Gasteiger partial charge in [0.1, 0.15) is 30.0 Å². The zero-order chi connectivity index (χ0) is 37.8. The van der Waals surface area contributed by atoms with E-state index in [1.807, 2.05) is 65.2 Å². The molecule has 3 aromatic heterocycles. The molecule has 1 aliphatic heterocycles. The summed E-state index contributed by atoms with van der Waals surface area (Å²) in [5.41, 5.74) is 4.38. The van der Waals surface area contributed by atoms with Crippen molar-refractivity contribution in [3.05, 3.63) is 89.7 Å². The summed E-state index contributed by atoms with van der Waals surface area (Å²) in [4.78, 5) is 18.5. The summed E-state index contributed by atoms with van der Waals surface area (Å²) in [6.07, 6.45) is 6.86. The number of urea groups is 1. The Labute approximate surface area is 318 Å². The number of amides is 2. The van der Waals surface area contributed by atoms with Crippen LogP contribution in [0.4, 0.5) is 16.6 Å².